The van der Waals surface area contributed by atoms with Crippen LogP contribution in [0.1, 0.15) is 91.1 Å². The van der Waals surface area contributed by atoms with Gasteiger partial charge in [-0.05, 0) is 53.6 Å². The van der Waals surface area contributed by atoms with Crippen molar-refractivity contribution in [3.8, 4) is 0 Å². The van der Waals surface area contributed by atoms with E-state index in [1.165, 1.54) is 0 Å². The molecular weight excluding hydrogens is 424 g/mol. The summed E-state index contributed by atoms with van der Waals surface area (Å²) in [4.78, 5) is 44.7. The number of hydrogen-bond donors (Lipinski definition) is 0. The predicted molar refractivity (Wildman–Crippen MR) is 124 cm³/mol. The van der Waals surface area contributed by atoms with E-state index in [1.54, 1.807) is 24.3 Å². The zero-order chi connectivity index (χ0) is 24.2. The van der Waals surface area contributed by atoms with Crippen molar-refractivity contribution in [1.29, 1.82) is 0 Å². The topological polar surface area (TPSA) is 80.3 Å². The van der Waals surface area contributed by atoms with Gasteiger partial charge < -0.3 is 4.74 Å². The van der Waals surface area contributed by atoms with Crippen LogP contribution >= 0.6 is 0 Å². The van der Waals surface area contributed by atoms with Crippen LogP contribution in [0.5, 0.6) is 0 Å². The maximum absolute atomic E-state index is 12.3. The van der Waals surface area contributed by atoms with E-state index in [1.807, 2.05) is 31.2 Å². The Kier molecular flexibility index (Phi) is 11.0. The van der Waals surface area contributed by atoms with Crippen LogP contribution < -0.4 is 0 Å². The SMILES string of the molecule is CCCOCCC(OOC(=O)c1ccc(C(C)C)cc1)OOC(=O)c1ccc(C(C)C)cc1. The van der Waals surface area contributed by atoms with Gasteiger partial charge in [0.15, 0.2) is 0 Å². The third kappa shape index (κ3) is 8.96. The van der Waals surface area contributed by atoms with E-state index in [2.05, 4.69) is 27.7 Å². The maximum Gasteiger partial charge on any atom is 0.373 e. The normalized spacial score (nSPS) is 11.3. The van der Waals surface area contributed by atoms with Crippen molar-refractivity contribution < 1.29 is 33.9 Å². The summed E-state index contributed by atoms with van der Waals surface area (Å²) in [6.07, 6.45) is -0.0894. The summed E-state index contributed by atoms with van der Waals surface area (Å²) in [5, 5.41) is 0. The summed E-state index contributed by atoms with van der Waals surface area (Å²) in [6, 6.07) is 14.1. The average Bonchev–Trinajstić information content (AvgIpc) is 2.82. The van der Waals surface area contributed by atoms with Crippen LogP contribution in [0.2, 0.25) is 0 Å². The van der Waals surface area contributed by atoms with Crippen LogP contribution in [0, 0.1) is 0 Å². The van der Waals surface area contributed by atoms with Crippen molar-refractivity contribution in [3.05, 3.63) is 70.8 Å². The molecule has 0 spiro atoms. The lowest BCUT2D eigenvalue weighted by atomic mass is 10.0. The summed E-state index contributed by atoms with van der Waals surface area (Å²) in [5.74, 6) is -0.653. The molecule has 7 heteroatoms. The molecule has 0 amide bonds. The second-order valence-corrected chi connectivity index (χ2v) is 8.32. The molecule has 0 heterocycles. The first-order chi connectivity index (χ1) is 15.8. The van der Waals surface area contributed by atoms with E-state index in [4.69, 9.17) is 24.3 Å². The fraction of sp³-hybridized carbons (Fsp3) is 0.462. The molecule has 0 atom stereocenters. The van der Waals surface area contributed by atoms with Gasteiger partial charge in [-0.3, -0.25) is 9.78 Å². The Morgan fingerprint density at radius 3 is 1.48 bits per heavy atom. The van der Waals surface area contributed by atoms with Crippen molar-refractivity contribution in [3.63, 3.8) is 0 Å². The molecule has 0 aliphatic heterocycles. The lowest BCUT2D eigenvalue weighted by molar-refractivity contribution is -0.422. The molecule has 33 heavy (non-hydrogen) atoms. The summed E-state index contributed by atoms with van der Waals surface area (Å²) in [7, 11) is 0. The van der Waals surface area contributed by atoms with Crippen molar-refractivity contribution in [2.24, 2.45) is 0 Å². The number of benzene rings is 2. The number of carbonyl (C=O) groups excluding carboxylic acids is 2. The molecule has 0 N–H and O–H groups in total. The zero-order valence-corrected chi connectivity index (χ0v) is 20.0. The first-order valence-corrected chi connectivity index (χ1v) is 11.3. The first kappa shape index (κ1) is 26.5. The van der Waals surface area contributed by atoms with Gasteiger partial charge in [0.25, 0.3) is 0 Å². The van der Waals surface area contributed by atoms with E-state index < -0.39 is 18.2 Å². The van der Waals surface area contributed by atoms with Gasteiger partial charge in [-0.25, -0.2) is 9.59 Å². The smallest absolute Gasteiger partial charge is 0.373 e. The average molecular weight is 459 g/mol. The summed E-state index contributed by atoms with van der Waals surface area (Å²) in [5.41, 5.74) is 2.88. The number of carbonyl (C=O) groups is 2. The molecule has 2 aromatic rings. The van der Waals surface area contributed by atoms with Gasteiger partial charge >= 0.3 is 11.9 Å². The Labute approximate surface area is 195 Å². The molecule has 0 bridgehead atoms. The molecule has 0 unspecified atom stereocenters. The molecule has 7 nitrogen and oxygen atoms in total. The minimum absolute atomic E-state index is 0.194. The van der Waals surface area contributed by atoms with E-state index in [0.717, 1.165) is 17.5 Å². The molecule has 2 rings (SSSR count). The zero-order valence-electron chi connectivity index (χ0n) is 20.0. The monoisotopic (exact) mass is 458 g/mol. The van der Waals surface area contributed by atoms with Crippen LogP contribution in [0.4, 0.5) is 0 Å². The Bertz CT molecular complexity index is 790. The Morgan fingerprint density at radius 2 is 1.12 bits per heavy atom. The van der Waals surface area contributed by atoms with Crippen LogP contribution in [-0.4, -0.2) is 31.4 Å². The molecule has 0 fully saturated rings. The Balaban J connectivity index is 1.92. The third-order valence-electron chi connectivity index (χ3n) is 4.93. The predicted octanol–water partition coefficient (Wildman–Crippen LogP) is 5.95. The van der Waals surface area contributed by atoms with Gasteiger partial charge in [0.1, 0.15) is 0 Å². The first-order valence-electron chi connectivity index (χ1n) is 11.3. The largest absolute Gasteiger partial charge is 0.381 e. The van der Waals surface area contributed by atoms with E-state index >= 15 is 0 Å². The van der Waals surface area contributed by atoms with E-state index in [-0.39, 0.29) is 13.0 Å². The number of ether oxygens (including phenoxy) is 1. The summed E-state index contributed by atoms with van der Waals surface area (Å²) >= 11 is 0. The van der Waals surface area contributed by atoms with Crippen molar-refractivity contribution >= 4 is 11.9 Å². The minimum atomic E-state index is -1.14. The van der Waals surface area contributed by atoms with E-state index in [0.29, 0.717) is 29.6 Å². The highest BCUT2D eigenvalue weighted by Crippen LogP contribution is 2.17. The van der Waals surface area contributed by atoms with Gasteiger partial charge in [0.2, 0.25) is 6.29 Å². The van der Waals surface area contributed by atoms with Crippen molar-refractivity contribution in [1.82, 2.24) is 0 Å². The Hall–Kier alpha value is -2.74. The second kappa shape index (κ2) is 13.7. The lowest BCUT2D eigenvalue weighted by Gasteiger charge is -2.15. The molecule has 0 aliphatic rings. The highest BCUT2D eigenvalue weighted by molar-refractivity contribution is 5.89. The van der Waals surface area contributed by atoms with Gasteiger partial charge in [0.05, 0.1) is 17.7 Å². The van der Waals surface area contributed by atoms with Crippen LogP contribution in [0.25, 0.3) is 0 Å². The van der Waals surface area contributed by atoms with Gasteiger partial charge in [-0.1, -0.05) is 58.9 Å². The molecule has 180 valence electrons. The lowest BCUT2D eigenvalue weighted by Crippen LogP contribution is -2.24. The maximum atomic E-state index is 12.3. The Morgan fingerprint density at radius 1 is 0.697 bits per heavy atom. The third-order valence-corrected chi connectivity index (χ3v) is 4.93. The molecule has 0 saturated carbocycles. The molecular formula is C26H34O7. The van der Waals surface area contributed by atoms with Crippen molar-refractivity contribution in [2.75, 3.05) is 13.2 Å². The summed E-state index contributed by atoms with van der Waals surface area (Å²) < 4.78 is 5.43. The highest BCUT2D eigenvalue weighted by atomic mass is 17.3. The quantitative estimate of drug-likeness (QED) is 0.159. The molecule has 0 saturated heterocycles. The minimum Gasteiger partial charge on any atom is -0.381 e. The van der Waals surface area contributed by atoms with Crippen LogP contribution in [-0.2, 0) is 24.3 Å². The van der Waals surface area contributed by atoms with Gasteiger partial charge in [-0.15, -0.1) is 9.78 Å². The van der Waals surface area contributed by atoms with Gasteiger partial charge in [-0.2, -0.15) is 0 Å². The molecule has 0 radical (unpaired) electrons. The molecule has 2 aromatic carbocycles. The highest BCUT2D eigenvalue weighted by Gasteiger charge is 2.20. The number of hydrogen-bond acceptors (Lipinski definition) is 7. The standard InChI is InChI=1S/C26H34O7/c1-6-16-29-17-15-24(30-32-25(27)22-11-7-20(8-12-22)18(2)3)31-33-26(28)23-13-9-21(10-14-23)19(4)5/h7-14,18-19,24H,6,15-17H2,1-5H3. The van der Waals surface area contributed by atoms with E-state index in [9.17, 15) is 9.59 Å². The summed E-state index contributed by atoms with van der Waals surface area (Å²) in [6.45, 7) is 11.1. The number of rotatable bonds is 13. The van der Waals surface area contributed by atoms with Gasteiger partial charge in [0, 0.05) is 13.0 Å². The van der Waals surface area contributed by atoms with Crippen molar-refractivity contribution in [2.45, 2.75) is 65.6 Å². The second-order valence-electron chi connectivity index (χ2n) is 8.32. The fourth-order valence-corrected chi connectivity index (χ4v) is 2.84. The molecule has 0 aromatic heterocycles. The molecule has 0 aliphatic carbocycles. The van der Waals surface area contributed by atoms with Crippen LogP contribution in [0.15, 0.2) is 48.5 Å². The van der Waals surface area contributed by atoms with Crippen LogP contribution in [0.3, 0.4) is 0 Å². The fourth-order valence-electron chi connectivity index (χ4n) is 2.84.